The Morgan fingerprint density at radius 3 is 2.92 bits per heavy atom. The smallest absolute Gasteiger partial charge is 0.204 e. The second kappa shape index (κ2) is 7.41. The van der Waals surface area contributed by atoms with E-state index in [1.807, 2.05) is 30.3 Å². The zero-order chi connectivity index (χ0) is 17.8. The Bertz CT molecular complexity index is 979. The van der Waals surface area contributed by atoms with Crippen molar-refractivity contribution in [1.29, 1.82) is 0 Å². The fraction of sp³-hybridized carbons (Fsp3) is 0.294. The maximum atomic E-state index is 5.48. The summed E-state index contributed by atoms with van der Waals surface area (Å²) in [5.74, 6) is 7.84. The van der Waals surface area contributed by atoms with E-state index >= 15 is 0 Å². The molecule has 0 bridgehead atoms. The fourth-order valence-corrected chi connectivity index (χ4v) is 2.69. The number of nitrogens with zero attached hydrogens (tertiary/aromatic N) is 7. The minimum absolute atomic E-state index is 0.156. The lowest BCUT2D eigenvalue weighted by Gasteiger charge is -2.04. The lowest BCUT2D eigenvalue weighted by atomic mass is 10.1. The molecule has 0 atom stereocenters. The van der Waals surface area contributed by atoms with Gasteiger partial charge in [-0.25, -0.2) is 9.67 Å². The second-order valence-corrected chi connectivity index (χ2v) is 6.52. The largest absolute Gasteiger partial charge is 0.387 e. The molecule has 0 amide bonds. The van der Waals surface area contributed by atoms with Crippen LogP contribution >= 0.6 is 11.5 Å². The third kappa shape index (κ3) is 3.92. The normalized spacial score (nSPS) is 14.0. The molecule has 1 saturated carbocycles. The molecule has 9 heteroatoms. The Morgan fingerprint density at radius 2 is 2.19 bits per heavy atom. The van der Waals surface area contributed by atoms with E-state index in [2.05, 4.69) is 41.9 Å². The monoisotopic (exact) mass is 365 g/mol. The van der Waals surface area contributed by atoms with Crippen molar-refractivity contribution in [3.05, 3.63) is 52.6 Å². The van der Waals surface area contributed by atoms with Crippen LogP contribution in [0, 0.1) is 17.8 Å². The number of hydrogen-bond acceptors (Lipinski definition) is 8. The van der Waals surface area contributed by atoms with Crippen LogP contribution < -0.4 is 0 Å². The maximum absolute atomic E-state index is 5.48. The van der Waals surface area contributed by atoms with Crippen LogP contribution in [-0.4, -0.2) is 35.3 Å². The van der Waals surface area contributed by atoms with Crippen molar-refractivity contribution in [2.24, 2.45) is 18.1 Å². The lowest BCUT2D eigenvalue weighted by molar-refractivity contribution is 0.125. The van der Waals surface area contributed by atoms with Crippen molar-refractivity contribution in [1.82, 2.24) is 29.6 Å². The Kier molecular flexibility index (Phi) is 4.66. The van der Waals surface area contributed by atoms with Crippen molar-refractivity contribution >= 4 is 17.2 Å². The second-order valence-electron chi connectivity index (χ2n) is 5.76. The highest BCUT2D eigenvalue weighted by molar-refractivity contribution is 7.06. The van der Waals surface area contributed by atoms with Gasteiger partial charge in [-0.15, -0.1) is 5.10 Å². The predicted octanol–water partition coefficient (Wildman–Crippen LogP) is 1.79. The van der Waals surface area contributed by atoms with E-state index in [9.17, 15) is 0 Å². The number of rotatable bonds is 5. The quantitative estimate of drug-likeness (QED) is 0.389. The molecule has 0 spiro atoms. The van der Waals surface area contributed by atoms with Gasteiger partial charge in [-0.1, -0.05) is 41.4 Å². The summed E-state index contributed by atoms with van der Waals surface area (Å²) in [5, 5.41) is 16.5. The first-order valence-corrected chi connectivity index (χ1v) is 8.89. The minimum atomic E-state index is 0.156. The van der Waals surface area contributed by atoms with Gasteiger partial charge in [0.2, 0.25) is 5.82 Å². The molecule has 1 aliphatic rings. The Hall–Kier alpha value is -3.12. The number of aryl methyl sites for hydroxylation is 1. The Balaban J connectivity index is 1.49. The summed E-state index contributed by atoms with van der Waals surface area (Å²) in [6, 6.07) is 9.61. The molecule has 1 aromatic carbocycles. The molecule has 1 aliphatic carbocycles. The lowest BCUT2D eigenvalue weighted by Crippen LogP contribution is -2.12. The minimum Gasteiger partial charge on any atom is -0.387 e. The van der Waals surface area contributed by atoms with Gasteiger partial charge in [0, 0.05) is 18.5 Å². The average molecular weight is 365 g/mol. The number of tetrazole rings is 1. The first-order valence-electron chi connectivity index (χ1n) is 8.12. The highest BCUT2D eigenvalue weighted by atomic mass is 32.1. The molecule has 3 aromatic rings. The van der Waals surface area contributed by atoms with Gasteiger partial charge < -0.3 is 4.84 Å². The maximum Gasteiger partial charge on any atom is 0.204 e. The molecule has 0 radical (unpaired) electrons. The van der Waals surface area contributed by atoms with Crippen LogP contribution in [0.15, 0.2) is 35.5 Å². The standard InChI is InChI=1S/C17H15N7OS/c1-24-17(19-22-23-24)16(13-5-3-2-4-6-13)20-25-11-14-18-15(26-21-14)10-9-12-7-8-12/h2-6,12H,7-8,11H2,1H3. The highest BCUT2D eigenvalue weighted by Crippen LogP contribution is 2.27. The van der Waals surface area contributed by atoms with Gasteiger partial charge in [0.05, 0.1) is 0 Å². The highest BCUT2D eigenvalue weighted by Gasteiger charge is 2.18. The van der Waals surface area contributed by atoms with Crippen molar-refractivity contribution in [2.75, 3.05) is 0 Å². The zero-order valence-corrected chi connectivity index (χ0v) is 14.8. The van der Waals surface area contributed by atoms with Gasteiger partial charge in [0.1, 0.15) is 0 Å². The van der Waals surface area contributed by atoms with Crippen LogP contribution in [0.5, 0.6) is 0 Å². The summed E-state index contributed by atoms with van der Waals surface area (Å²) >= 11 is 1.28. The van der Waals surface area contributed by atoms with E-state index in [1.165, 1.54) is 24.4 Å². The SMILES string of the molecule is Cn1nnnc1C(=NOCc1nsc(C#CC2CC2)n1)c1ccccc1. The van der Waals surface area contributed by atoms with Gasteiger partial charge in [-0.05, 0) is 40.7 Å². The third-order valence-corrected chi connectivity index (χ3v) is 4.33. The van der Waals surface area contributed by atoms with Crippen LogP contribution in [0.1, 0.15) is 35.1 Å². The molecule has 0 N–H and O–H groups in total. The average Bonchev–Trinajstić information content (AvgIpc) is 3.24. The Morgan fingerprint density at radius 1 is 1.35 bits per heavy atom. The first kappa shape index (κ1) is 16.4. The molecular weight excluding hydrogens is 350 g/mol. The van der Waals surface area contributed by atoms with Crippen LogP contribution in [-0.2, 0) is 18.5 Å². The zero-order valence-electron chi connectivity index (χ0n) is 14.0. The van der Waals surface area contributed by atoms with E-state index in [4.69, 9.17) is 4.84 Å². The summed E-state index contributed by atoms with van der Waals surface area (Å²) in [6.45, 7) is 0.156. The summed E-state index contributed by atoms with van der Waals surface area (Å²) in [5.41, 5.74) is 1.40. The predicted molar refractivity (Wildman–Crippen MR) is 95.2 cm³/mol. The Labute approximate surface area is 154 Å². The van der Waals surface area contributed by atoms with E-state index < -0.39 is 0 Å². The van der Waals surface area contributed by atoms with E-state index in [-0.39, 0.29) is 6.61 Å². The summed E-state index contributed by atoms with van der Waals surface area (Å²) < 4.78 is 5.80. The molecule has 26 heavy (non-hydrogen) atoms. The molecule has 4 rings (SSSR count). The van der Waals surface area contributed by atoms with Gasteiger partial charge >= 0.3 is 0 Å². The summed E-state index contributed by atoms with van der Waals surface area (Å²) in [4.78, 5) is 9.83. The fourth-order valence-electron chi connectivity index (χ4n) is 2.16. The van der Waals surface area contributed by atoms with E-state index in [0.717, 1.165) is 5.56 Å². The number of aromatic nitrogens is 6. The molecular formula is C17H15N7OS. The number of benzene rings is 1. The van der Waals surface area contributed by atoms with Crippen LogP contribution in [0.25, 0.3) is 0 Å². The van der Waals surface area contributed by atoms with Crippen molar-refractivity contribution < 1.29 is 4.84 Å². The van der Waals surface area contributed by atoms with Gasteiger partial charge in [-0.3, -0.25) is 0 Å². The first-order chi connectivity index (χ1) is 12.8. The summed E-state index contributed by atoms with van der Waals surface area (Å²) in [7, 11) is 1.75. The molecule has 8 nitrogen and oxygen atoms in total. The van der Waals surface area contributed by atoms with E-state index in [1.54, 1.807) is 11.7 Å². The topological polar surface area (TPSA) is 91.0 Å². The summed E-state index contributed by atoms with van der Waals surface area (Å²) in [6.07, 6.45) is 2.38. The van der Waals surface area contributed by atoms with Crippen molar-refractivity contribution in [3.63, 3.8) is 0 Å². The van der Waals surface area contributed by atoms with Gasteiger partial charge in [0.25, 0.3) is 0 Å². The van der Waals surface area contributed by atoms with Crippen LogP contribution in [0.2, 0.25) is 0 Å². The molecule has 2 aromatic heterocycles. The number of hydrogen-bond donors (Lipinski definition) is 0. The molecule has 1 fully saturated rings. The molecule has 0 unspecified atom stereocenters. The third-order valence-electron chi connectivity index (χ3n) is 3.66. The van der Waals surface area contributed by atoms with Crippen molar-refractivity contribution in [2.45, 2.75) is 19.4 Å². The molecule has 130 valence electrons. The number of oxime groups is 1. The van der Waals surface area contributed by atoms with Crippen LogP contribution in [0.3, 0.4) is 0 Å². The van der Waals surface area contributed by atoms with Gasteiger partial charge in [0.15, 0.2) is 23.2 Å². The van der Waals surface area contributed by atoms with Crippen LogP contribution in [0.4, 0.5) is 0 Å². The van der Waals surface area contributed by atoms with E-state index in [0.29, 0.717) is 28.3 Å². The van der Waals surface area contributed by atoms with Crippen molar-refractivity contribution in [3.8, 4) is 11.8 Å². The molecule has 0 aliphatic heterocycles. The molecule has 0 saturated heterocycles. The molecule has 2 heterocycles. The van der Waals surface area contributed by atoms with Gasteiger partial charge in [-0.2, -0.15) is 4.37 Å².